The molecular weight excluding hydrogens is 356 g/mol. The molecule has 0 fully saturated rings. The van der Waals surface area contributed by atoms with Gasteiger partial charge in [0.2, 0.25) is 5.88 Å². The number of pyridine rings is 1. The van der Waals surface area contributed by atoms with E-state index in [1.807, 2.05) is 51.1 Å². The number of aromatic amines is 1. The fourth-order valence-electron chi connectivity index (χ4n) is 2.56. The zero-order valence-corrected chi connectivity index (χ0v) is 16.0. The topological polar surface area (TPSA) is 97.0 Å². The molecule has 3 rings (SSSR count). The summed E-state index contributed by atoms with van der Waals surface area (Å²) in [4.78, 5) is 35.6. The van der Waals surface area contributed by atoms with Crippen LogP contribution >= 0.6 is 0 Å². The van der Waals surface area contributed by atoms with E-state index in [4.69, 9.17) is 4.74 Å². The molecular formula is C21H22N4O3. The minimum atomic E-state index is -0.505. The van der Waals surface area contributed by atoms with Crippen molar-refractivity contribution in [2.75, 3.05) is 0 Å². The molecule has 0 saturated heterocycles. The quantitative estimate of drug-likeness (QED) is 0.686. The number of hydrogen-bond acceptors (Lipinski definition) is 5. The average Bonchev–Trinajstić information content (AvgIpc) is 2.68. The van der Waals surface area contributed by atoms with Crippen LogP contribution in [-0.2, 0) is 6.54 Å². The van der Waals surface area contributed by atoms with Gasteiger partial charge >= 0.3 is 0 Å². The number of amides is 1. The van der Waals surface area contributed by atoms with Gasteiger partial charge in [0.1, 0.15) is 17.1 Å². The molecule has 7 heteroatoms. The van der Waals surface area contributed by atoms with E-state index in [2.05, 4.69) is 20.3 Å². The SMILES string of the molecule is Cc1ccccc1Oc1ncccc1CNC(=O)c1cnc(C(C)C)[nH]c1=O. The predicted octanol–water partition coefficient (Wildman–Crippen LogP) is 3.32. The Morgan fingerprint density at radius 1 is 1.18 bits per heavy atom. The van der Waals surface area contributed by atoms with Crippen LogP contribution in [-0.4, -0.2) is 20.9 Å². The lowest BCUT2D eigenvalue weighted by Gasteiger charge is -2.12. The van der Waals surface area contributed by atoms with E-state index in [1.165, 1.54) is 6.20 Å². The highest BCUT2D eigenvalue weighted by molar-refractivity contribution is 5.93. The highest BCUT2D eigenvalue weighted by atomic mass is 16.5. The number of nitrogens with one attached hydrogen (secondary N) is 2. The summed E-state index contributed by atoms with van der Waals surface area (Å²) in [5.74, 6) is 1.21. The van der Waals surface area contributed by atoms with Crippen molar-refractivity contribution in [2.45, 2.75) is 33.2 Å². The first-order valence-electron chi connectivity index (χ1n) is 9.00. The van der Waals surface area contributed by atoms with Crippen molar-refractivity contribution < 1.29 is 9.53 Å². The van der Waals surface area contributed by atoms with E-state index in [9.17, 15) is 9.59 Å². The summed E-state index contributed by atoms with van der Waals surface area (Å²) in [7, 11) is 0. The van der Waals surface area contributed by atoms with Crippen molar-refractivity contribution in [2.24, 2.45) is 0 Å². The number of ether oxygens (including phenoxy) is 1. The Bertz CT molecular complexity index is 1040. The molecule has 0 bridgehead atoms. The smallest absolute Gasteiger partial charge is 0.263 e. The summed E-state index contributed by atoms with van der Waals surface area (Å²) in [6.45, 7) is 5.94. The lowest BCUT2D eigenvalue weighted by Crippen LogP contribution is -2.30. The van der Waals surface area contributed by atoms with Crippen LogP contribution in [0.15, 0.2) is 53.6 Å². The molecule has 0 saturated carbocycles. The van der Waals surface area contributed by atoms with Gasteiger partial charge in [-0.2, -0.15) is 0 Å². The maximum absolute atomic E-state index is 12.4. The van der Waals surface area contributed by atoms with Gasteiger partial charge in [-0.3, -0.25) is 9.59 Å². The van der Waals surface area contributed by atoms with Crippen molar-refractivity contribution in [3.05, 3.63) is 81.7 Å². The first kappa shape index (κ1) is 19.3. The Morgan fingerprint density at radius 3 is 2.68 bits per heavy atom. The number of aromatic nitrogens is 3. The van der Waals surface area contributed by atoms with Crippen LogP contribution in [0.5, 0.6) is 11.6 Å². The molecule has 0 aliphatic heterocycles. The van der Waals surface area contributed by atoms with E-state index >= 15 is 0 Å². The number of H-pyrrole nitrogens is 1. The molecule has 0 aliphatic rings. The van der Waals surface area contributed by atoms with Crippen molar-refractivity contribution in [1.82, 2.24) is 20.3 Å². The average molecular weight is 378 g/mol. The Morgan fingerprint density at radius 2 is 1.96 bits per heavy atom. The van der Waals surface area contributed by atoms with Gasteiger partial charge in [0.25, 0.3) is 11.5 Å². The molecule has 0 spiro atoms. The summed E-state index contributed by atoms with van der Waals surface area (Å²) in [5.41, 5.74) is 1.18. The van der Waals surface area contributed by atoms with E-state index < -0.39 is 11.5 Å². The molecule has 0 unspecified atom stereocenters. The fraction of sp³-hybridized carbons (Fsp3) is 0.238. The molecule has 28 heavy (non-hydrogen) atoms. The van der Waals surface area contributed by atoms with Crippen LogP contribution in [0.25, 0.3) is 0 Å². The van der Waals surface area contributed by atoms with E-state index in [-0.39, 0.29) is 18.0 Å². The Hall–Kier alpha value is -3.48. The summed E-state index contributed by atoms with van der Waals surface area (Å²) in [6.07, 6.45) is 2.93. The number of hydrogen-bond donors (Lipinski definition) is 2. The van der Waals surface area contributed by atoms with Crippen molar-refractivity contribution in [3.63, 3.8) is 0 Å². The third-order valence-electron chi connectivity index (χ3n) is 4.20. The molecule has 2 heterocycles. The van der Waals surface area contributed by atoms with Gasteiger partial charge in [-0.05, 0) is 24.6 Å². The van der Waals surface area contributed by atoms with E-state index in [1.54, 1.807) is 12.3 Å². The standard InChI is InChI=1S/C21H22N4O3/c1-13(2)18-23-12-16(20(27)25-18)19(26)24-11-15-8-6-10-22-21(15)28-17-9-5-4-7-14(17)3/h4-10,12-13H,11H2,1-3H3,(H,24,26)(H,23,25,27). The minimum absolute atomic E-state index is 0.0327. The van der Waals surface area contributed by atoms with Crippen molar-refractivity contribution in [3.8, 4) is 11.6 Å². The largest absolute Gasteiger partial charge is 0.438 e. The first-order valence-corrected chi connectivity index (χ1v) is 9.00. The third kappa shape index (κ3) is 4.43. The predicted molar refractivity (Wildman–Crippen MR) is 106 cm³/mol. The van der Waals surface area contributed by atoms with Gasteiger partial charge in [-0.25, -0.2) is 9.97 Å². The fourth-order valence-corrected chi connectivity index (χ4v) is 2.56. The number of carbonyl (C=O) groups is 1. The van der Waals surface area contributed by atoms with Crippen LogP contribution in [0.3, 0.4) is 0 Å². The van der Waals surface area contributed by atoms with E-state index in [0.717, 1.165) is 5.56 Å². The summed E-state index contributed by atoms with van der Waals surface area (Å²) in [6, 6.07) is 11.2. The molecule has 0 radical (unpaired) electrons. The zero-order valence-electron chi connectivity index (χ0n) is 16.0. The molecule has 2 aromatic heterocycles. The number of benzene rings is 1. The lowest BCUT2D eigenvalue weighted by molar-refractivity contribution is 0.0948. The number of rotatable bonds is 6. The van der Waals surface area contributed by atoms with E-state index in [0.29, 0.717) is 23.0 Å². The van der Waals surface area contributed by atoms with Crippen LogP contribution in [0, 0.1) is 6.92 Å². The number of para-hydroxylation sites is 1. The number of aryl methyl sites for hydroxylation is 1. The van der Waals surface area contributed by atoms with Crippen LogP contribution in [0.1, 0.15) is 47.1 Å². The van der Waals surface area contributed by atoms with Gasteiger partial charge in [0, 0.05) is 30.4 Å². The lowest BCUT2D eigenvalue weighted by atomic mass is 10.2. The number of nitrogens with zero attached hydrogens (tertiary/aromatic N) is 2. The summed E-state index contributed by atoms with van der Waals surface area (Å²) >= 11 is 0. The Balaban J connectivity index is 1.74. The highest BCUT2D eigenvalue weighted by Crippen LogP contribution is 2.25. The van der Waals surface area contributed by atoms with Gasteiger partial charge in [0.15, 0.2) is 0 Å². The van der Waals surface area contributed by atoms with Gasteiger partial charge in [-0.15, -0.1) is 0 Å². The van der Waals surface area contributed by atoms with Crippen LogP contribution < -0.4 is 15.6 Å². The molecule has 1 aromatic carbocycles. The molecule has 1 amide bonds. The van der Waals surface area contributed by atoms with Gasteiger partial charge < -0.3 is 15.0 Å². The summed E-state index contributed by atoms with van der Waals surface area (Å²) < 4.78 is 5.90. The van der Waals surface area contributed by atoms with Gasteiger partial charge in [0.05, 0.1) is 0 Å². The monoisotopic (exact) mass is 378 g/mol. The second kappa shape index (κ2) is 8.47. The van der Waals surface area contributed by atoms with Crippen molar-refractivity contribution >= 4 is 5.91 Å². The molecule has 2 N–H and O–H groups in total. The zero-order chi connectivity index (χ0) is 20.1. The summed E-state index contributed by atoms with van der Waals surface area (Å²) in [5, 5.41) is 2.73. The molecule has 0 aliphatic carbocycles. The third-order valence-corrected chi connectivity index (χ3v) is 4.20. The van der Waals surface area contributed by atoms with Crippen molar-refractivity contribution in [1.29, 1.82) is 0 Å². The van der Waals surface area contributed by atoms with Gasteiger partial charge in [-0.1, -0.05) is 38.1 Å². The molecule has 0 atom stereocenters. The second-order valence-corrected chi connectivity index (χ2v) is 6.68. The maximum atomic E-state index is 12.4. The first-order chi connectivity index (χ1) is 13.5. The molecule has 7 nitrogen and oxygen atoms in total. The minimum Gasteiger partial charge on any atom is -0.438 e. The molecule has 144 valence electrons. The highest BCUT2D eigenvalue weighted by Gasteiger charge is 2.14. The van der Waals surface area contributed by atoms with Crippen LogP contribution in [0.4, 0.5) is 0 Å². The number of carbonyl (C=O) groups excluding carboxylic acids is 1. The van der Waals surface area contributed by atoms with Crippen LogP contribution in [0.2, 0.25) is 0 Å². The Labute approximate surface area is 162 Å². The second-order valence-electron chi connectivity index (χ2n) is 6.68. The normalized spacial score (nSPS) is 10.7. The Kier molecular flexibility index (Phi) is 5.84. The molecule has 3 aromatic rings. The maximum Gasteiger partial charge on any atom is 0.263 e.